The molecule has 0 unspecified atom stereocenters. The second-order valence-electron chi connectivity index (χ2n) is 6.86. The minimum Gasteiger partial charge on any atom is -0.305 e. The van der Waals surface area contributed by atoms with Gasteiger partial charge in [-0.1, -0.05) is 12.1 Å². The number of rotatable bonds is 4. The van der Waals surface area contributed by atoms with Crippen LogP contribution in [-0.4, -0.2) is 30.6 Å². The van der Waals surface area contributed by atoms with Crippen molar-refractivity contribution in [2.24, 2.45) is 7.05 Å². The highest BCUT2D eigenvalue weighted by Gasteiger charge is 2.12. The molecule has 29 heavy (non-hydrogen) atoms. The van der Waals surface area contributed by atoms with Crippen molar-refractivity contribution in [3.8, 4) is 22.4 Å². The maximum absolute atomic E-state index is 12.4. The number of carbonyl (C=O) groups excluding carboxylic acids is 1. The van der Waals surface area contributed by atoms with E-state index in [4.69, 9.17) is 0 Å². The second-order valence-corrected chi connectivity index (χ2v) is 6.86. The van der Waals surface area contributed by atoms with Gasteiger partial charge in [0.25, 0.3) is 5.91 Å². The van der Waals surface area contributed by atoms with E-state index in [9.17, 15) is 4.79 Å². The summed E-state index contributed by atoms with van der Waals surface area (Å²) in [4.78, 5) is 25.3. The normalized spacial score (nSPS) is 10.7. The van der Waals surface area contributed by atoms with E-state index in [-0.39, 0.29) is 5.91 Å². The molecule has 0 bridgehead atoms. The molecule has 0 aliphatic rings. The average molecular weight is 384 g/mol. The molecule has 0 atom stereocenters. The van der Waals surface area contributed by atoms with Crippen LogP contribution in [0.5, 0.6) is 0 Å². The van der Waals surface area contributed by atoms with Crippen LogP contribution >= 0.6 is 0 Å². The molecule has 4 aromatic rings. The molecule has 1 aromatic carbocycles. The van der Waals surface area contributed by atoms with Crippen molar-refractivity contribution in [1.82, 2.24) is 24.7 Å². The summed E-state index contributed by atoms with van der Waals surface area (Å²) >= 11 is 0. The Kier molecular flexibility index (Phi) is 4.87. The lowest BCUT2D eigenvalue weighted by atomic mass is 10.00. The summed E-state index contributed by atoms with van der Waals surface area (Å²) in [6, 6.07) is 7.99. The number of hydrogen-bond acceptors (Lipinski definition) is 5. The van der Waals surface area contributed by atoms with Gasteiger partial charge in [0.15, 0.2) is 5.82 Å². The number of amides is 1. The van der Waals surface area contributed by atoms with Crippen molar-refractivity contribution in [2.75, 3.05) is 5.32 Å². The molecule has 0 fully saturated rings. The third-order valence-corrected chi connectivity index (χ3v) is 4.73. The smallest absolute Gasteiger partial charge is 0.258 e. The molecule has 3 heterocycles. The zero-order valence-electron chi connectivity index (χ0n) is 16.4. The predicted molar refractivity (Wildman–Crippen MR) is 111 cm³/mol. The summed E-state index contributed by atoms with van der Waals surface area (Å²) in [5.41, 5.74) is 6.28. The zero-order valence-corrected chi connectivity index (χ0v) is 16.4. The largest absolute Gasteiger partial charge is 0.305 e. The average Bonchev–Trinajstić information content (AvgIpc) is 3.16. The Morgan fingerprint density at radius 3 is 2.52 bits per heavy atom. The number of carbonyl (C=O) groups is 1. The second kappa shape index (κ2) is 7.63. The molecule has 0 saturated carbocycles. The van der Waals surface area contributed by atoms with E-state index < -0.39 is 0 Å². The van der Waals surface area contributed by atoms with E-state index in [1.807, 2.05) is 33.3 Å². The van der Waals surface area contributed by atoms with Gasteiger partial charge in [0, 0.05) is 36.8 Å². The molecule has 0 radical (unpaired) electrons. The Morgan fingerprint density at radius 1 is 0.966 bits per heavy atom. The van der Waals surface area contributed by atoms with Gasteiger partial charge < -0.3 is 5.32 Å². The van der Waals surface area contributed by atoms with Crippen LogP contribution in [0, 0.1) is 13.8 Å². The standard InChI is InChI=1S/C22H20N6O/c1-14-4-5-16(17-9-26-28(3)13-17)8-18(14)20-11-25-21(12-24-20)27-22(29)19-10-23-7-6-15(19)2/h4-13H,1-3H3,(H,25,27,29). The molecule has 1 amide bonds. The lowest BCUT2D eigenvalue weighted by Gasteiger charge is -2.09. The van der Waals surface area contributed by atoms with Crippen LogP contribution < -0.4 is 5.32 Å². The molecular weight excluding hydrogens is 364 g/mol. The fourth-order valence-electron chi connectivity index (χ4n) is 3.06. The van der Waals surface area contributed by atoms with E-state index in [0.717, 1.165) is 33.5 Å². The maximum atomic E-state index is 12.4. The summed E-state index contributed by atoms with van der Waals surface area (Å²) in [6.07, 6.45) is 10.2. The number of pyridine rings is 1. The van der Waals surface area contributed by atoms with E-state index >= 15 is 0 Å². The lowest BCUT2D eigenvalue weighted by molar-refractivity contribution is 0.102. The van der Waals surface area contributed by atoms with Crippen LogP contribution in [-0.2, 0) is 7.05 Å². The Morgan fingerprint density at radius 2 is 1.83 bits per heavy atom. The minimum absolute atomic E-state index is 0.257. The van der Waals surface area contributed by atoms with Crippen molar-refractivity contribution >= 4 is 11.7 Å². The highest BCUT2D eigenvalue weighted by molar-refractivity contribution is 6.04. The summed E-state index contributed by atoms with van der Waals surface area (Å²) in [7, 11) is 1.89. The van der Waals surface area contributed by atoms with E-state index in [2.05, 4.69) is 43.6 Å². The van der Waals surface area contributed by atoms with Gasteiger partial charge >= 0.3 is 0 Å². The molecule has 7 heteroatoms. The van der Waals surface area contributed by atoms with Gasteiger partial charge in [0.2, 0.25) is 0 Å². The Hall–Kier alpha value is -3.87. The number of aromatic nitrogens is 5. The van der Waals surface area contributed by atoms with Gasteiger partial charge in [-0.2, -0.15) is 5.10 Å². The number of aryl methyl sites for hydroxylation is 3. The summed E-state index contributed by atoms with van der Waals surface area (Å²) < 4.78 is 1.77. The number of hydrogen-bond donors (Lipinski definition) is 1. The molecule has 3 aromatic heterocycles. The van der Waals surface area contributed by atoms with Crippen molar-refractivity contribution in [2.45, 2.75) is 13.8 Å². The zero-order chi connectivity index (χ0) is 20.4. The first-order valence-corrected chi connectivity index (χ1v) is 9.15. The van der Waals surface area contributed by atoms with Crippen LogP contribution in [0.3, 0.4) is 0 Å². The van der Waals surface area contributed by atoms with Crippen molar-refractivity contribution in [3.63, 3.8) is 0 Å². The Balaban J connectivity index is 1.58. The van der Waals surface area contributed by atoms with Crippen molar-refractivity contribution in [1.29, 1.82) is 0 Å². The summed E-state index contributed by atoms with van der Waals surface area (Å²) in [6.45, 7) is 3.90. The quantitative estimate of drug-likeness (QED) is 0.578. The molecule has 0 saturated heterocycles. The van der Waals surface area contributed by atoms with Gasteiger partial charge in [-0.3, -0.25) is 19.4 Å². The van der Waals surface area contributed by atoms with Crippen LogP contribution in [0.1, 0.15) is 21.5 Å². The first kappa shape index (κ1) is 18.5. The molecule has 7 nitrogen and oxygen atoms in total. The molecule has 0 spiro atoms. The van der Waals surface area contributed by atoms with Crippen LogP contribution in [0.25, 0.3) is 22.4 Å². The minimum atomic E-state index is -0.257. The third kappa shape index (κ3) is 3.89. The number of nitrogens with zero attached hydrogens (tertiary/aromatic N) is 5. The first-order valence-electron chi connectivity index (χ1n) is 9.15. The number of nitrogens with one attached hydrogen (secondary N) is 1. The van der Waals surface area contributed by atoms with Crippen molar-refractivity contribution in [3.05, 3.63) is 78.1 Å². The van der Waals surface area contributed by atoms with Gasteiger partial charge in [0.05, 0.1) is 29.8 Å². The monoisotopic (exact) mass is 384 g/mol. The van der Waals surface area contributed by atoms with Gasteiger partial charge in [0.1, 0.15) is 0 Å². The number of anilines is 1. The van der Waals surface area contributed by atoms with Crippen LogP contribution in [0.4, 0.5) is 5.82 Å². The molecule has 0 aliphatic carbocycles. The van der Waals surface area contributed by atoms with E-state index in [1.54, 1.807) is 35.5 Å². The van der Waals surface area contributed by atoms with E-state index in [0.29, 0.717) is 11.4 Å². The maximum Gasteiger partial charge on any atom is 0.258 e. The summed E-state index contributed by atoms with van der Waals surface area (Å²) in [5.74, 6) is 0.135. The topological polar surface area (TPSA) is 85.6 Å². The van der Waals surface area contributed by atoms with E-state index in [1.165, 1.54) is 0 Å². The highest BCUT2D eigenvalue weighted by atomic mass is 16.1. The lowest BCUT2D eigenvalue weighted by Crippen LogP contribution is -2.14. The summed E-state index contributed by atoms with van der Waals surface area (Å²) in [5, 5.41) is 7.00. The molecule has 144 valence electrons. The van der Waals surface area contributed by atoms with Gasteiger partial charge in [-0.15, -0.1) is 0 Å². The van der Waals surface area contributed by atoms with Crippen LogP contribution in [0.15, 0.2) is 61.4 Å². The fraction of sp³-hybridized carbons (Fsp3) is 0.136. The highest BCUT2D eigenvalue weighted by Crippen LogP contribution is 2.28. The van der Waals surface area contributed by atoms with Gasteiger partial charge in [-0.25, -0.2) is 4.98 Å². The predicted octanol–water partition coefficient (Wildman–Crippen LogP) is 3.81. The molecule has 1 N–H and O–H groups in total. The molecular formula is C22H20N6O. The molecule has 4 rings (SSSR count). The van der Waals surface area contributed by atoms with Gasteiger partial charge in [-0.05, 0) is 42.7 Å². The SMILES string of the molecule is Cc1ccncc1C(=O)Nc1cnc(-c2cc(-c3cnn(C)c3)ccc2C)cn1. The van der Waals surface area contributed by atoms with Crippen molar-refractivity contribution < 1.29 is 4.79 Å². The third-order valence-electron chi connectivity index (χ3n) is 4.73. The Labute approximate surface area is 168 Å². The fourth-order valence-corrected chi connectivity index (χ4v) is 3.06. The Bertz CT molecular complexity index is 1180. The molecule has 0 aliphatic heterocycles. The van der Waals surface area contributed by atoms with Crippen LogP contribution in [0.2, 0.25) is 0 Å². The number of benzene rings is 1. The first-order chi connectivity index (χ1) is 14.0.